The average Bonchev–Trinajstić information content (AvgIpc) is 3.26. The maximum atomic E-state index is 13.7. The molecule has 1 amide bonds. The highest BCUT2D eigenvalue weighted by molar-refractivity contribution is 5.92. The summed E-state index contributed by atoms with van der Waals surface area (Å²) >= 11 is 0. The second kappa shape index (κ2) is 11.1. The van der Waals surface area contributed by atoms with E-state index in [2.05, 4.69) is 0 Å². The number of methoxy groups -OCH3 is 1. The number of ether oxygens (including phenoxy) is 3. The Morgan fingerprint density at radius 3 is 2.00 bits per heavy atom. The van der Waals surface area contributed by atoms with Crippen LogP contribution in [0.3, 0.4) is 0 Å². The van der Waals surface area contributed by atoms with Gasteiger partial charge in [-0.3, -0.25) is 9.69 Å². The van der Waals surface area contributed by atoms with Gasteiger partial charge in [0.05, 0.1) is 25.1 Å². The Hall–Kier alpha value is -3.24. The molecule has 1 fully saturated rings. The van der Waals surface area contributed by atoms with Crippen molar-refractivity contribution in [3.05, 3.63) is 35.4 Å². The highest BCUT2D eigenvalue weighted by atomic mass is 19.4. The van der Waals surface area contributed by atoms with Crippen LogP contribution >= 0.6 is 0 Å². The molecule has 8 nitrogen and oxygen atoms in total. The van der Waals surface area contributed by atoms with Gasteiger partial charge in [0.2, 0.25) is 0 Å². The van der Waals surface area contributed by atoms with Crippen LogP contribution in [0.25, 0.3) is 5.57 Å². The normalized spacial score (nSPS) is 19.0. The van der Waals surface area contributed by atoms with Gasteiger partial charge in [0, 0.05) is 24.3 Å². The molecule has 216 valence electrons. The predicted octanol–water partition coefficient (Wildman–Crippen LogP) is 5.44. The third-order valence-corrected chi connectivity index (χ3v) is 6.35. The van der Waals surface area contributed by atoms with Crippen molar-refractivity contribution in [2.75, 3.05) is 31.6 Å². The lowest BCUT2D eigenvalue weighted by Gasteiger charge is -2.35. The minimum atomic E-state index is -4.57. The molecule has 2 heterocycles. The Morgan fingerprint density at radius 1 is 0.897 bits per heavy atom. The fraction of sp³-hybridized carbons (Fsp3) is 0.607. The largest absolute Gasteiger partial charge is 0.467 e. The zero-order valence-corrected chi connectivity index (χ0v) is 23.5. The third kappa shape index (κ3) is 7.67. The number of amides is 1. The van der Waals surface area contributed by atoms with Crippen molar-refractivity contribution >= 4 is 29.3 Å². The molecule has 1 saturated heterocycles. The van der Waals surface area contributed by atoms with E-state index in [1.165, 1.54) is 24.2 Å². The summed E-state index contributed by atoms with van der Waals surface area (Å²) in [4.78, 5) is 41.0. The summed E-state index contributed by atoms with van der Waals surface area (Å²) in [6.45, 7) is 11.0. The molecule has 2 aliphatic rings. The highest BCUT2D eigenvalue weighted by Crippen LogP contribution is 2.39. The number of esters is 2. The minimum absolute atomic E-state index is 0.0541. The molecular weight excluding hydrogens is 517 g/mol. The maximum Gasteiger partial charge on any atom is 0.416 e. The van der Waals surface area contributed by atoms with E-state index in [0.29, 0.717) is 42.8 Å². The SMILES string of the molecule is COC(=O)[C@@H]1C=C(c2ccc(C(F)(F)F)cc2N2CCC(C(=O)OC(C)(C)C)CC2)CN1C(=O)OC(C)(C)C. The van der Waals surface area contributed by atoms with Gasteiger partial charge in [0.15, 0.2) is 6.04 Å². The fourth-order valence-electron chi connectivity index (χ4n) is 4.59. The first-order valence-electron chi connectivity index (χ1n) is 12.9. The summed E-state index contributed by atoms with van der Waals surface area (Å²) in [7, 11) is 1.19. The Bertz CT molecular complexity index is 1130. The molecule has 1 atom stereocenters. The number of alkyl halides is 3. The van der Waals surface area contributed by atoms with Gasteiger partial charge in [-0.15, -0.1) is 0 Å². The van der Waals surface area contributed by atoms with Crippen LogP contribution in [0.1, 0.15) is 65.5 Å². The summed E-state index contributed by atoms with van der Waals surface area (Å²) in [5, 5.41) is 0. The number of hydrogen-bond acceptors (Lipinski definition) is 7. The first-order valence-corrected chi connectivity index (χ1v) is 12.9. The van der Waals surface area contributed by atoms with Crippen LogP contribution < -0.4 is 4.90 Å². The number of benzene rings is 1. The number of nitrogens with zero attached hydrogens (tertiary/aromatic N) is 2. The number of anilines is 1. The molecule has 0 bridgehead atoms. The molecule has 1 aromatic carbocycles. The van der Waals surface area contributed by atoms with Gasteiger partial charge in [-0.1, -0.05) is 6.07 Å². The van der Waals surface area contributed by atoms with Crippen LogP contribution in [-0.2, 0) is 30.0 Å². The summed E-state index contributed by atoms with van der Waals surface area (Å²) < 4.78 is 56.9. The number of piperidine rings is 1. The van der Waals surface area contributed by atoms with E-state index in [1.807, 2.05) is 0 Å². The molecule has 0 unspecified atom stereocenters. The summed E-state index contributed by atoms with van der Waals surface area (Å²) in [6, 6.07) is 2.33. The number of carbonyl (C=O) groups is 3. The third-order valence-electron chi connectivity index (χ3n) is 6.35. The van der Waals surface area contributed by atoms with E-state index >= 15 is 0 Å². The molecule has 0 spiro atoms. The van der Waals surface area contributed by atoms with Gasteiger partial charge in [0.1, 0.15) is 11.2 Å². The van der Waals surface area contributed by atoms with Crippen LogP contribution in [0.4, 0.5) is 23.7 Å². The maximum absolute atomic E-state index is 13.7. The molecule has 0 aromatic heterocycles. The van der Waals surface area contributed by atoms with Crippen LogP contribution in [-0.4, -0.2) is 66.9 Å². The second-order valence-corrected chi connectivity index (χ2v) is 11.8. The van der Waals surface area contributed by atoms with Gasteiger partial charge >= 0.3 is 24.2 Å². The molecular formula is C28H37F3N2O6. The minimum Gasteiger partial charge on any atom is -0.467 e. The smallest absolute Gasteiger partial charge is 0.416 e. The van der Waals surface area contributed by atoms with E-state index in [0.717, 1.165) is 12.1 Å². The van der Waals surface area contributed by atoms with E-state index in [9.17, 15) is 27.6 Å². The molecule has 0 saturated carbocycles. The second-order valence-electron chi connectivity index (χ2n) is 11.8. The van der Waals surface area contributed by atoms with Gasteiger partial charge in [0.25, 0.3) is 0 Å². The molecule has 3 rings (SSSR count). The molecule has 11 heteroatoms. The molecule has 1 aromatic rings. The molecule has 0 aliphatic carbocycles. The van der Waals surface area contributed by atoms with Crippen molar-refractivity contribution in [3.63, 3.8) is 0 Å². The summed E-state index contributed by atoms with van der Waals surface area (Å²) in [5.41, 5.74) is -1.00. The predicted molar refractivity (Wildman–Crippen MR) is 139 cm³/mol. The lowest BCUT2D eigenvalue weighted by molar-refractivity contribution is -0.160. The monoisotopic (exact) mass is 554 g/mol. The quantitative estimate of drug-likeness (QED) is 0.362. The van der Waals surface area contributed by atoms with Crippen molar-refractivity contribution in [2.24, 2.45) is 5.92 Å². The number of halogens is 3. The molecule has 2 aliphatic heterocycles. The standard InChI is InChI=1S/C28H37F3N2O6/c1-26(2,3)38-23(34)17-10-12-32(13-11-17)21-15-19(28(29,30)31)8-9-20(21)18-14-22(24(35)37-7)33(16-18)25(36)39-27(4,5)6/h8-9,14-15,17,22H,10-13,16H2,1-7H3/t22-/m0/s1. The van der Waals surface area contributed by atoms with Crippen LogP contribution in [0.2, 0.25) is 0 Å². The fourth-order valence-corrected chi connectivity index (χ4v) is 4.59. The van der Waals surface area contributed by atoms with Crippen molar-refractivity contribution in [3.8, 4) is 0 Å². The number of hydrogen-bond donors (Lipinski definition) is 0. The molecule has 39 heavy (non-hydrogen) atoms. The summed E-state index contributed by atoms with van der Waals surface area (Å²) in [5.74, 6) is -1.37. The van der Waals surface area contributed by atoms with Gasteiger partial charge < -0.3 is 19.1 Å². The van der Waals surface area contributed by atoms with Crippen LogP contribution in [0.15, 0.2) is 24.3 Å². The van der Waals surface area contributed by atoms with Crippen LogP contribution in [0.5, 0.6) is 0 Å². The Balaban J connectivity index is 1.94. The Kier molecular flexibility index (Phi) is 8.62. The average molecular weight is 555 g/mol. The van der Waals surface area contributed by atoms with Crippen molar-refractivity contribution in [1.29, 1.82) is 0 Å². The van der Waals surface area contributed by atoms with Crippen molar-refractivity contribution in [2.45, 2.75) is 77.8 Å². The topological polar surface area (TPSA) is 85.4 Å². The van der Waals surface area contributed by atoms with E-state index in [-0.39, 0.29) is 18.4 Å². The summed E-state index contributed by atoms with van der Waals surface area (Å²) in [6.07, 6.45) is -2.95. The first-order chi connectivity index (χ1) is 17.9. The molecule has 0 N–H and O–H groups in total. The van der Waals surface area contributed by atoms with Gasteiger partial charge in [-0.25, -0.2) is 9.59 Å². The zero-order chi connectivity index (χ0) is 29.3. The zero-order valence-electron chi connectivity index (χ0n) is 23.5. The Labute approximate surface area is 227 Å². The van der Waals surface area contributed by atoms with Crippen molar-refractivity contribution < 1.29 is 41.8 Å². The van der Waals surface area contributed by atoms with E-state index in [4.69, 9.17) is 14.2 Å². The Morgan fingerprint density at radius 2 is 1.49 bits per heavy atom. The lowest BCUT2D eigenvalue weighted by Crippen LogP contribution is -2.44. The lowest BCUT2D eigenvalue weighted by atomic mass is 9.94. The molecule has 0 radical (unpaired) electrons. The van der Waals surface area contributed by atoms with Crippen LogP contribution in [0, 0.1) is 5.92 Å². The first kappa shape index (κ1) is 30.3. The number of carbonyl (C=O) groups excluding carboxylic acids is 3. The van der Waals surface area contributed by atoms with Gasteiger partial charge in [-0.05, 0) is 78.2 Å². The highest BCUT2D eigenvalue weighted by Gasteiger charge is 2.40. The number of rotatable bonds is 4. The van der Waals surface area contributed by atoms with Gasteiger partial charge in [-0.2, -0.15) is 13.2 Å². The van der Waals surface area contributed by atoms with E-state index < -0.39 is 41.0 Å². The van der Waals surface area contributed by atoms with E-state index in [1.54, 1.807) is 46.4 Å². The van der Waals surface area contributed by atoms with Crippen molar-refractivity contribution in [1.82, 2.24) is 4.90 Å².